The Labute approximate surface area is 158 Å². The van der Waals surface area contributed by atoms with Crippen molar-refractivity contribution in [3.05, 3.63) is 72.3 Å². The smallest absolute Gasteiger partial charge is 0.0463 e. The van der Waals surface area contributed by atoms with Crippen LogP contribution in [0.4, 0.5) is 11.4 Å². The fourth-order valence-corrected chi connectivity index (χ4v) is 3.61. The number of fused-ring (bicyclic) bond motifs is 1. The van der Waals surface area contributed by atoms with Gasteiger partial charge in [-0.05, 0) is 35.9 Å². The molecule has 0 amide bonds. The molecule has 1 nitrogen and oxygen atoms in total. The van der Waals surface area contributed by atoms with Gasteiger partial charge in [0.05, 0.1) is 0 Å². The summed E-state index contributed by atoms with van der Waals surface area (Å²) < 4.78 is 0. The van der Waals surface area contributed by atoms with Crippen molar-refractivity contribution in [1.82, 2.24) is 0 Å². The van der Waals surface area contributed by atoms with E-state index in [1.165, 1.54) is 72.7 Å². The normalized spacial score (nSPS) is 11.0. The van der Waals surface area contributed by atoms with E-state index < -0.39 is 0 Å². The molecule has 0 aliphatic heterocycles. The number of hydrogen-bond donors (Lipinski definition) is 1. The number of benzene rings is 3. The van der Waals surface area contributed by atoms with Crippen LogP contribution in [0.15, 0.2) is 66.7 Å². The Balaban J connectivity index is 1.62. The summed E-state index contributed by atoms with van der Waals surface area (Å²) >= 11 is 0. The van der Waals surface area contributed by atoms with Crippen molar-refractivity contribution in [2.75, 3.05) is 5.32 Å². The minimum Gasteiger partial charge on any atom is -0.355 e. The minimum absolute atomic E-state index is 1.15. The van der Waals surface area contributed by atoms with E-state index in [9.17, 15) is 0 Å². The molecule has 3 rings (SSSR count). The highest BCUT2D eigenvalue weighted by atomic mass is 14.9. The van der Waals surface area contributed by atoms with Crippen LogP contribution in [0, 0.1) is 0 Å². The topological polar surface area (TPSA) is 12.0 Å². The highest BCUT2D eigenvalue weighted by Gasteiger charge is 2.05. The lowest BCUT2D eigenvalue weighted by molar-refractivity contribution is 0.589. The van der Waals surface area contributed by atoms with Gasteiger partial charge in [0.1, 0.15) is 0 Å². The highest BCUT2D eigenvalue weighted by Crippen LogP contribution is 2.28. The van der Waals surface area contributed by atoms with Crippen molar-refractivity contribution in [3.63, 3.8) is 0 Å². The van der Waals surface area contributed by atoms with Crippen LogP contribution >= 0.6 is 0 Å². The van der Waals surface area contributed by atoms with Crippen LogP contribution in [-0.4, -0.2) is 0 Å². The molecule has 0 saturated heterocycles. The number of para-hydroxylation sites is 1. The zero-order valence-corrected chi connectivity index (χ0v) is 16.0. The predicted molar refractivity (Wildman–Crippen MR) is 115 cm³/mol. The second-order valence-corrected chi connectivity index (χ2v) is 7.18. The molecule has 26 heavy (non-hydrogen) atoms. The Hall–Kier alpha value is -2.28. The Morgan fingerprint density at radius 3 is 2.15 bits per heavy atom. The molecule has 0 bridgehead atoms. The Morgan fingerprint density at radius 2 is 1.27 bits per heavy atom. The number of hydrogen-bond acceptors (Lipinski definition) is 1. The van der Waals surface area contributed by atoms with E-state index in [0.29, 0.717) is 0 Å². The monoisotopic (exact) mass is 345 g/mol. The molecular formula is C25H31N. The number of nitrogens with one attached hydrogen (secondary N) is 1. The van der Waals surface area contributed by atoms with Gasteiger partial charge in [0.15, 0.2) is 0 Å². The largest absolute Gasteiger partial charge is 0.355 e. The second kappa shape index (κ2) is 10.0. The van der Waals surface area contributed by atoms with Crippen molar-refractivity contribution in [1.29, 1.82) is 0 Å². The first kappa shape index (κ1) is 18.5. The minimum atomic E-state index is 1.15. The van der Waals surface area contributed by atoms with Gasteiger partial charge in [-0.1, -0.05) is 100 Å². The van der Waals surface area contributed by atoms with Gasteiger partial charge in [0, 0.05) is 16.8 Å². The average Bonchev–Trinajstić information content (AvgIpc) is 2.69. The van der Waals surface area contributed by atoms with Crippen LogP contribution < -0.4 is 5.32 Å². The molecule has 0 unspecified atom stereocenters. The number of aryl methyl sites for hydroxylation is 1. The maximum atomic E-state index is 3.68. The van der Waals surface area contributed by atoms with E-state index in [4.69, 9.17) is 0 Å². The summed E-state index contributed by atoms with van der Waals surface area (Å²) in [6.45, 7) is 2.28. The van der Waals surface area contributed by atoms with Gasteiger partial charge >= 0.3 is 0 Å². The fraction of sp³-hybridized carbons (Fsp3) is 0.360. The van der Waals surface area contributed by atoms with Crippen molar-refractivity contribution in [3.8, 4) is 0 Å². The Morgan fingerprint density at radius 1 is 0.615 bits per heavy atom. The molecule has 3 aromatic carbocycles. The van der Waals surface area contributed by atoms with Crippen molar-refractivity contribution >= 4 is 22.1 Å². The average molecular weight is 346 g/mol. The molecule has 0 aliphatic rings. The summed E-state index contributed by atoms with van der Waals surface area (Å²) in [4.78, 5) is 0. The first-order chi connectivity index (χ1) is 12.9. The molecule has 136 valence electrons. The Kier molecular flexibility index (Phi) is 7.13. The SMILES string of the molecule is CCCCCCCCCc1ccccc1Nc1cccc2ccccc12. The van der Waals surface area contributed by atoms with E-state index in [0.717, 1.165) is 6.42 Å². The molecule has 0 heterocycles. The molecule has 1 heteroatoms. The lowest BCUT2D eigenvalue weighted by Crippen LogP contribution is -1.97. The molecule has 0 saturated carbocycles. The molecule has 0 spiro atoms. The van der Waals surface area contributed by atoms with Gasteiger partial charge in [0.25, 0.3) is 0 Å². The summed E-state index contributed by atoms with van der Waals surface area (Å²) in [7, 11) is 0. The number of unbranched alkanes of at least 4 members (excludes halogenated alkanes) is 6. The second-order valence-electron chi connectivity index (χ2n) is 7.18. The summed E-state index contributed by atoms with van der Waals surface area (Å²) in [5.74, 6) is 0. The van der Waals surface area contributed by atoms with E-state index in [-0.39, 0.29) is 0 Å². The summed E-state index contributed by atoms with van der Waals surface area (Å²) in [6, 6.07) is 23.8. The van der Waals surface area contributed by atoms with E-state index in [1.54, 1.807) is 0 Å². The first-order valence-electron chi connectivity index (χ1n) is 10.2. The summed E-state index contributed by atoms with van der Waals surface area (Å²) in [5.41, 5.74) is 3.86. The standard InChI is InChI=1S/C25H31N/c1-2-3-4-5-6-7-8-15-22-16-10-12-19-24(22)26-25-20-13-17-21-14-9-11-18-23(21)25/h9-14,16-20,26H,2-8,15H2,1H3. The van der Waals surface area contributed by atoms with Gasteiger partial charge in [0.2, 0.25) is 0 Å². The zero-order chi connectivity index (χ0) is 18.0. The van der Waals surface area contributed by atoms with Crippen LogP contribution in [0.5, 0.6) is 0 Å². The molecule has 1 N–H and O–H groups in total. The van der Waals surface area contributed by atoms with Crippen LogP contribution in [0.3, 0.4) is 0 Å². The van der Waals surface area contributed by atoms with Crippen molar-refractivity contribution in [2.24, 2.45) is 0 Å². The lowest BCUT2D eigenvalue weighted by atomic mass is 10.0. The molecule has 0 fully saturated rings. The third kappa shape index (κ3) is 5.11. The molecule has 0 aliphatic carbocycles. The van der Waals surface area contributed by atoms with E-state index in [2.05, 4.69) is 79.0 Å². The Bertz CT molecular complexity index is 801. The number of rotatable bonds is 10. The molecule has 0 radical (unpaired) electrons. The van der Waals surface area contributed by atoms with E-state index >= 15 is 0 Å². The van der Waals surface area contributed by atoms with Gasteiger partial charge in [-0.15, -0.1) is 0 Å². The van der Waals surface area contributed by atoms with Crippen LogP contribution in [0.1, 0.15) is 57.4 Å². The summed E-state index contributed by atoms with van der Waals surface area (Å²) in [5, 5.41) is 6.24. The third-order valence-electron chi connectivity index (χ3n) is 5.13. The molecule has 0 aromatic heterocycles. The van der Waals surface area contributed by atoms with Crippen LogP contribution in [0.2, 0.25) is 0 Å². The quantitative estimate of drug-likeness (QED) is 0.368. The van der Waals surface area contributed by atoms with Crippen LogP contribution in [-0.2, 0) is 6.42 Å². The van der Waals surface area contributed by atoms with Crippen molar-refractivity contribution < 1.29 is 0 Å². The summed E-state index contributed by atoms with van der Waals surface area (Å²) in [6.07, 6.45) is 10.7. The molecule has 0 atom stereocenters. The predicted octanol–water partition coefficient (Wildman–Crippen LogP) is 7.88. The molecule has 3 aromatic rings. The van der Waals surface area contributed by atoms with Crippen LogP contribution in [0.25, 0.3) is 10.8 Å². The third-order valence-corrected chi connectivity index (χ3v) is 5.13. The lowest BCUT2D eigenvalue weighted by Gasteiger charge is -2.14. The van der Waals surface area contributed by atoms with Gasteiger partial charge in [-0.3, -0.25) is 0 Å². The maximum absolute atomic E-state index is 3.68. The van der Waals surface area contributed by atoms with Crippen molar-refractivity contribution in [2.45, 2.75) is 58.3 Å². The maximum Gasteiger partial charge on any atom is 0.0463 e. The molecular weight excluding hydrogens is 314 g/mol. The van der Waals surface area contributed by atoms with Gasteiger partial charge in [-0.25, -0.2) is 0 Å². The van der Waals surface area contributed by atoms with Gasteiger partial charge in [-0.2, -0.15) is 0 Å². The van der Waals surface area contributed by atoms with Gasteiger partial charge < -0.3 is 5.32 Å². The van der Waals surface area contributed by atoms with E-state index in [1.807, 2.05) is 0 Å². The highest BCUT2D eigenvalue weighted by molar-refractivity contribution is 5.95. The number of anilines is 2. The fourth-order valence-electron chi connectivity index (χ4n) is 3.61. The first-order valence-corrected chi connectivity index (χ1v) is 10.2. The zero-order valence-electron chi connectivity index (χ0n) is 16.0.